The molecule has 0 saturated carbocycles. The molecule has 0 saturated heterocycles. The number of ether oxygens (including phenoxy) is 1. The molecule has 0 fully saturated rings. The van der Waals surface area contributed by atoms with Gasteiger partial charge in [0.2, 0.25) is 0 Å². The zero-order valence-electron chi connectivity index (χ0n) is 8.84. The molecule has 4 heteroatoms. The van der Waals surface area contributed by atoms with Crippen molar-refractivity contribution in [1.29, 1.82) is 0 Å². The monoisotopic (exact) mass is 217 g/mol. The van der Waals surface area contributed by atoms with Crippen LogP contribution in [-0.4, -0.2) is 17.6 Å². The molecule has 0 N–H and O–H groups in total. The Balaban J connectivity index is 2.37. The maximum Gasteiger partial charge on any atom is 0.342 e. The van der Waals surface area contributed by atoms with Crippen molar-refractivity contribution in [2.45, 2.75) is 6.92 Å². The number of carbonyl (C=O) groups excluding carboxylic acids is 1. The van der Waals surface area contributed by atoms with E-state index in [1.165, 1.54) is 6.26 Å². The molecular weight excluding hydrogens is 206 g/mol. The van der Waals surface area contributed by atoms with Gasteiger partial charge >= 0.3 is 5.97 Å². The molecule has 0 spiro atoms. The molecule has 2 rings (SSSR count). The van der Waals surface area contributed by atoms with E-state index in [0.717, 1.165) is 5.56 Å². The van der Waals surface area contributed by atoms with Crippen LogP contribution in [0.2, 0.25) is 0 Å². The number of nitrogens with zero attached hydrogens (tertiary/aromatic N) is 1. The Morgan fingerprint density at radius 3 is 3.06 bits per heavy atom. The summed E-state index contributed by atoms with van der Waals surface area (Å²) in [5.41, 5.74) is 1.19. The molecule has 2 heterocycles. The van der Waals surface area contributed by atoms with E-state index >= 15 is 0 Å². The SMILES string of the molecule is CCOC(=O)c1ccoc1-c1cccnc1. The molecule has 0 unspecified atom stereocenters. The van der Waals surface area contributed by atoms with E-state index in [0.29, 0.717) is 17.9 Å². The molecule has 0 aromatic carbocycles. The molecule has 0 aliphatic heterocycles. The Kier molecular flexibility index (Phi) is 3.00. The average molecular weight is 217 g/mol. The average Bonchev–Trinajstić information content (AvgIpc) is 2.79. The summed E-state index contributed by atoms with van der Waals surface area (Å²) in [7, 11) is 0. The highest BCUT2D eigenvalue weighted by atomic mass is 16.5. The zero-order valence-corrected chi connectivity index (χ0v) is 8.84. The standard InChI is InChI=1S/C12H11NO3/c1-2-15-12(14)10-5-7-16-11(10)9-4-3-6-13-8-9/h3-8H,2H2,1H3. The summed E-state index contributed by atoms with van der Waals surface area (Å²) < 4.78 is 10.2. The van der Waals surface area contributed by atoms with Gasteiger partial charge < -0.3 is 9.15 Å². The Morgan fingerprint density at radius 1 is 1.50 bits per heavy atom. The second-order valence-electron chi connectivity index (χ2n) is 3.13. The van der Waals surface area contributed by atoms with E-state index in [2.05, 4.69) is 4.98 Å². The Morgan fingerprint density at radius 2 is 2.38 bits per heavy atom. The molecule has 2 aromatic heterocycles. The second-order valence-corrected chi connectivity index (χ2v) is 3.13. The zero-order chi connectivity index (χ0) is 11.4. The van der Waals surface area contributed by atoms with E-state index in [1.54, 1.807) is 31.5 Å². The Labute approximate surface area is 92.9 Å². The van der Waals surface area contributed by atoms with Gasteiger partial charge in [0.25, 0.3) is 0 Å². The maximum absolute atomic E-state index is 11.6. The molecule has 82 valence electrons. The maximum atomic E-state index is 11.6. The minimum absolute atomic E-state index is 0.344. The van der Waals surface area contributed by atoms with Crippen LogP contribution in [0.15, 0.2) is 41.3 Å². The van der Waals surface area contributed by atoms with Gasteiger partial charge in [-0.2, -0.15) is 0 Å². The van der Waals surface area contributed by atoms with Crippen molar-refractivity contribution in [2.24, 2.45) is 0 Å². The first kappa shape index (κ1) is 10.4. The molecule has 0 amide bonds. The molecule has 16 heavy (non-hydrogen) atoms. The molecule has 0 radical (unpaired) electrons. The second kappa shape index (κ2) is 4.61. The minimum Gasteiger partial charge on any atom is -0.463 e. The lowest BCUT2D eigenvalue weighted by Gasteiger charge is -2.01. The first-order valence-electron chi connectivity index (χ1n) is 4.98. The summed E-state index contributed by atoms with van der Waals surface area (Å²) in [6.07, 6.45) is 4.77. The number of hydrogen-bond donors (Lipinski definition) is 0. The first-order chi connectivity index (χ1) is 7.83. The van der Waals surface area contributed by atoms with Crippen LogP contribution < -0.4 is 0 Å². The third-order valence-corrected chi connectivity index (χ3v) is 2.08. The number of carbonyl (C=O) groups is 1. The lowest BCUT2D eigenvalue weighted by atomic mass is 10.1. The lowest BCUT2D eigenvalue weighted by Crippen LogP contribution is -2.04. The highest BCUT2D eigenvalue weighted by molar-refractivity contribution is 5.95. The lowest BCUT2D eigenvalue weighted by molar-refractivity contribution is 0.0527. The van der Waals surface area contributed by atoms with Crippen LogP contribution >= 0.6 is 0 Å². The number of furan rings is 1. The van der Waals surface area contributed by atoms with Gasteiger partial charge in [0.15, 0.2) is 0 Å². The normalized spacial score (nSPS) is 10.1. The number of aromatic nitrogens is 1. The first-order valence-corrected chi connectivity index (χ1v) is 4.98. The third kappa shape index (κ3) is 1.95. The largest absolute Gasteiger partial charge is 0.463 e. The summed E-state index contributed by atoms with van der Waals surface area (Å²) in [5.74, 6) is 0.113. The van der Waals surface area contributed by atoms with Gasteiger partial charge in [-0.3, -0.25) is 4.98 Å². The van der Waals surface area contributed by atoms with Crippen LogP contribution in [0, 0.1) is 0 Å². The van der Waals surface area contributed by atoms with E-state index < -0.39 is 0 Å². The van der Waals surface area contributed by atoms with Crippen molar-refractivity contribution in [3.63, 3.8) is 0 Å². The van der Waals surface area contributed by atoms with Gasteiger partial charge in [0, 0.05) is 18.0 Å². The Bertz CT molecular complexity index is 476. The van der Waals surface area contributed by atoms with Crippen LogP contribution in [0.5, 0.6) is 0 Å². The molecular formula is C12H11NO3. The van der Waals surface area contributed by atoms with Crippen molar-refractivity contribution < 1.29 is 13.9 Å². The fourth-order valence-corrected chi connectivity index (χ4v) is 1.40. The van der Waals surface area contributed by atoms with Crippen molar-refractivity contribution >= 4 is 5.97 Å². The molecule has 0 bridgehead atoms. The van der Waals surface area contributed by atoms with E-state index in [9.17, 15) is 4.79 Å². The van der Waals surface area contributed by atoms with Crippen LogP contribution in [0.25, 0.3) is 11.3 Å². The number of rotatable bonds is 3. The summed E-state index contributed by atoms with van der Waals surface area (Å²) >= 11 is 0. The molecule has 4 nitrogen and oxygen atoms in total. The smallest absolute Gasteiger partial charge is 0.342 e. The Hall–Kier alpha value is -2.10. The summed E-state index contributed by atoms with van der Waals surface area (Å²) in [5, 5.41) is 0. The molecule has 2 aromatic rings. The van der Waals surface area contributed by atoms with E-state index in [-0.39, 0.29) is 5.97 Å². The van der Waals surface area contributed by atoms with E-state index in [1.807, 2.05) is 6.07 Å². The van der Waals surface area contributed by atoms with Gasteiger partial charge in [0.1, 0.15) is 11.3 Å². The molecule has 0 atom stereocenters. The number of pyridine rings is 1. The van der Waals surface area contributed by atoms with Gasteiger partial charge in [-0.1, -0.05) is 0 Å². The summed E-state index contributed by atoms with van der Waals surface area (Å²) in [4.78, 5) is 15.6. The topological polar surface area (TPSA) is 52.3 Å². The van der Waals surface area contributed by atoms with Crippen LogP contribution in [0.1, 0.15) is 17.3 Å². The van der Waals surface area contributed by atoms with Gasteiger partial charge in [-0.25, -0.2) is 4.79 Å². The summed E-state index contributed by atoms with van der Waals surface area (Å²) in [6, 6.07) is 5.21. The predicted octanol–water partition coefficient (Wildman–Crippen LogP) is 2.52. The van der Waals surface area contributed by atoms with Crippen LogP contribution in [0.3, 0.4) is 0 Å². The van der Waals surface area contributed by atoms with Gasteiger partial charge in [-0.15, -0.1) is 0 Å². The molecule has 0 aliphatic rings. The summed E-state index contributed by atoms with van der Waals surface area (Å²) in [6.45, 7) is 2.11. The highest BCUT2D eigenvalue weighted by Gasteiger charge is 2.16. The molecule has 0 aliphatic carbocycles. The minimum atomic E-state index is -0.380. The van der Waals surface area contributed by atoms with Crippen molar-refractivity contribution in [1.82, 2.24) is 4.98 Å². The van der Waals surface area contributed by atoms with Gasteiger partial charge in [0.05, 0.1) is 12.9 Å². The fraction of sp³-hybridized carbons (Fsp3) is 0.167. The van der Waals surface area contributed by atoms with E-state index in [4.69, 9.17) is 9.15 Å². The number of esters is 1. The van der Waals surface area contributed by atoms with Crippen LogP contribution in [-0.2, 0) is 4.74 Å². The highest BCUT2D eigenvalue weighted by Crippen LogP contribution is 2.24. The van der Waals surface area contributed by atoms with Gasteiger partial charge in [-0.05, 0) is 25.1 Å². The van der Waals surface area contributed by atoms with Crippen LogP contribution in [0.4, 0.5) is 0 Å². The third-order valence-electron chi connectivity index (χ3n) is 2.08. The fourth-order valence-electron chi connectivity index (χ4n) is 1.40. The quantitative estimate of drug-likeness (QED) is 0.741. The van der Waals surface area contributed by atoms with Crippen molar-refractivity contribution in [3.8, 4) is 11.3 Å². The van der Waals surface area contributed by atoms with Crippen molar-refractivity contribution in [2.75, 3.05) is 6.61 Å². The predicted molar refractivity (Wildman–Crippen MR) is 57.9 cm³/mol. The van der Waals surface area contributed by atoms with Crippen molar-refractivity contribution in [3.05, 3.63) is 42.4 Å². The number of hydrogen-bond acceptors (Lipinski definition) is 4.